The topological polar surface area (TPSA) is 0 Å². The van der Waals surface area contributed by atoms with Crippen molar-refractivity contribution < 1.29 is 0 Å². The van der Waals surface area contributed by atoms with E-state index < -0.39 is 0 Å². The van der Waals surface area contributed by atoms with Crippen LogP contribution in [0.25, 0.3) is 16.7 Å². The maximum atomic E-state index is 4.02. The van der Waals surface area contributed by atoms with Crippen LogP contribution in [0.2, 0.25) is 0 Å². The summed E-state index contributed by atoms with van der Waals surface area (Å²) >= 11 is 0. The summed E-state index contributed by atoms with van der Waals surface area (Å²) in [6.45, 7) is 10.5. The second kappa shape index (κ2) is 5.22. The summed E-state index contributed by atoms with van der Waals surface area (Å²) in [5.74, 6) is 0. The molecule has 92 valence electrons. The Bertz CT molecular complexity index is 576. The van der Waals surface area contributed by atoms with Gasteiger partial charge in [-0.1, -0.05) is 61.5 Å². The molecule has 0 aliphatic carbocycles. The molecule has 0 aliphatic heterocycles. The van der Waals surface area contributed by atoms with Gasteiger partial charge in [0.15, 0.2) is 0 Å². The molecule has 18 heavy (non-hydrogen) atoms. The van der Waals surface area contributed by atoms with Gasteiger partial charge < -0.3 is 0 Å². The molecule has 0 amide bonds. The van der Waals surface area contributed by atoms with Gasteiger partial charge >= 0.3 is 0 Å². The van der Waals surface area contributed by atoms with Crippen LogP contribution in [0.15, 0.2) is 49.0 Å². The zero-order valence-corrected chi connectivity index (χ0v) is 11.5. The molecular formula is C18H20. The van der Waals surface area contributed by atoms with Gasteiger partial charge in [-0.25, -0.2) is 0 Å². The standard InChI is InChI=1S/C18H20/c1-5-15-12-16(13(2)3)10-11-18(15)17-9-7-6-8-14(17)4/h6-12H,2,5H2,1,3-4H3. The zero-order valence-electron chi connectivity index (χ0n) is 11.5. The Morgan fingerprint density at radius 3 is 2.39 bits per heavy atom. The summed E-state index contributed by atoms with van der Waals surface area (Å²) in [5.41, 5.74) is 7.77. The van der Waals surface area contributed by atoms with E-state index in [1.54, 1.807) is 0 Å². The SMILES string of the molecule is C=C(C)c1ccc(-c2ccccc2C)c(CC)c1. The summed E-state index contributed by atoms with van der Waals surface area (Å²) in [4.78, 5) is 0. The number of hydrogen-bond acceptors (Lipinski definition) is 0. The first-order valence-electron chi connectivity index (χ1n) is 6.48. The van der Waals surface area contributed by atoms with E-state index in [9.17, 15) is 0 Å². The highest BCUT2D eigenvalue weighted by Crippen LogP contribution is 2.29. The average Bonchev–Trinajstić information content (AvgIpc) is 2.38. The van der Waals surface area contributed by atoms with E-state index in [0.29, 0.717) is 0 Å². The van der Waals surface area contributed by atoms with E-state index in [4.69, 9.17) is 0 Å². The van der Waals surface area contributed by atoms with Gasteiger partial charge in [0.25, 0.3) is 0 Å². The van der Waals surface area contributed by atoms with Crippen molar-refractivity contribution in [2.45, 2.75) is 27.2 Å². The van der Waals surface area contributed by atoms with E-state index in [1.165, 1.54) is 27.8 Å². The van der Waals surface area contributed by atoms with Crippen LogP contribution in [-0.2, 0) is 6.42 Å². The molecular weight excluding hydrogens is 216 g/mol. The molecule has 0 bridgehead atoms. The van der Waals surface area contributed by atoms with E-state index >= 15 is 0 Å². The summed E-state index contributed by atoms with van der Waals surface area (Å²) in [6, 6.07) is 15.2. The zero-order chi connectivity index (χ0) is 13.1. The lowest BCUT2D eigenvalue weighted by Gasteiger charge is -2.13. The highest BCUT2D eigenvalue weighted by Gasteiger charge is 2.07. The predicted octanol–water partition coefficient (Wildman–Crippen LogP) is 5.26. The molecule has 0 saturated heterocycles. The van der Waals surface area contributed by atoms with Gasteiger partial charge in [0.1, 0.15) is 0 Å². The highest BCUT2D eigenvalue weighted by molar-refractivity contribution is 5.74. The first-order chi connectivity index (χ1) is 8.63. The van der Waals surface area contributed by atoms with Gasteiger partial charge in [-0.2, -0.15) is 0 Å². The number of allylic oxidation sites excluding steroid dienone is 1. The summed E-state index contributed by atoms with van der Waals surface area (Å²) in [7, 11) is 0. The number of benzene rings is 2. The monoisotopic (exact) mass is 236 g/mol. The first kappa shape index (κ1) is 12.6. The third-order valence-corrected chi connectivity index (χ3v) is 3.41. The van der Waals surface area contributed by atoms with Crippen LogP contribution in [0, 0.1) is 6.92 Å². The summed E-state index contributed by atoms with van der Waals surface area (Å²) in [6.07, 6.45) is 1.05. The quantitative estimate of drug-likeness (QED) is 0.682. The molecule has 0 aromatic heterocycles. The molecule has 2 aromatic rings. The third-order valence-electron chi connectivity index (χ3n) is 3.41. The molecule has 0 heteroatoms. The minimum Gasteiger partial charge on any atom is -0.0955 e. The predicted molar refractivity (Wildman–Crippen MR) is 80.7 cm³/mol. The lowest BCUT2D eigenvalue weighted by molar-refractivity contribution is 1.14. The van der Waals surface area contributed by atoms with Crippen molar-refractivity contribution in [1.82, 2.24) is 0 Å². The third kappa shape index (κ3) is 2.38. The average molecular weight is 236 g/mol. The van der Waals surface area contributed by atoms with Crippen LogP contribution < -0.4 is 0 Å². The van der Waals surface area contributed by atoms with Crippen molar-refractivity contribution >= 4 is 5.57 Å². The smallest absolute Gasteiger partial charge is 0.0149 e. The van der Waals surface area contributed by atoms with Crippen molar-refractivity contribution in [3.63, 3.8) is 0 Å². The van der Waals surface area contributed by atoms with Gasteiger partial charge in [-0.15, -0.1) is 0 Å². The molecule has 0 radical (unpaired) electrons. The van der Waals surface area contributed by atoms with Crippen molar-refractivity contribution in [1.29, 1.82) is 0 Å². The molecule has 0 atom stereocenters. The minimum atomic E-state index is 1.05. The van der Waals surface area contributed by atoms with E-state index in [0.717, 1.165) is 12.0 Å². The van der Waals surface area contributed by atoms with Crippen LogP contribution in [0.3, 0.4) is 0 Å². The van der Waals surface area contributed by atoms with Crippen molar-refractivity contribution in [2.75, 3.05) is 0 Å². The van der Waals surface area contributed by atoms with Gasteiger partial charge in [-0.3, -0.25) is 0 Å². The van der Waals surface area contributed by atoms with Gasteiger partial charge in [0.05, 0.1) is 0 Å². The molecule has 2 aromatic carbocycles. The fourth-order valence-corrected chi connectivity index (χ4v) is 2.29. The molecule has 0 N–H and O–H groups in total. The van der Waals surface area contributed by atoms with Crippen LogP contribution in [0.5, 0.6) is 0 Å². The Kier molecular flexibility index (Phi) is 3.66. The molecule has 0 heterocycles. The second-order valence-corrected chi connectivity index (χ2v) is 4.82. The normalized spacial score (nSPS) is 10.4. The van der Waals surface area contributed by atoms with Crippen molar-refractivity contribution in [2.24, 2.45) is 0 Å². The lowest BCUT2D eigenvalue weighted by atomic mass is 9.92. The van der Waals surface area contributed by atoms with Crippen molar-refractivity contribution in [3.8, 4) is 11.1 Å². The highest BCUT2D eigenvalue weighted by atomic mass is 14.1. The van der Waals surface area contributed by atoms with Crippen LogP contribution in [0.1, 0.15) is 30.5 Å². The maximum absolute atomic E-state index is 4.02. The van der Waals surface area contributed by atoms with E-state index in [2.05, 4.69) is 69.8 Å². The van der Waals surface area contributed by atoms with Gasteiger partial charge in [0.2, 0.25) is 0 Å². The van der Waals surface area contributed by atoms with Crippen LogP contribution in [0.4, 0.5) is 0 Å². The van der Waals surface area contributed by atoms with Gasteiger partial charge in [0, 0.05) is 0 Å². The number of rotatable bonds is 3. The van der Waals surface area contributed by atoms with Crippen LogP contribution >= 0.6 is 0 Å². The summed E-state index contributed by atoms with van der Waals surface area (Å²) < 4.78 is 0. The first-order valence-corrected chi connectivity index (χ1v) is 6.48. The van der Waals surface area contributed by atoms with E-state index in [1.807, 2.05) is 0 Å². The Balaban J connectivity index is 2.58. The Morgan fingerprint density at radius 1 is 1.06 bits per heavy atom. The fraction of sp³-hybridized carbons (Fsp3) is 0.222. The fourth-order valence-electron chi connectivity index (χ4n) is 2.29. The lowest BCUT2D eigenvalue weighted by Crippen LogP contribution is -1.92. The molecule has 0 saturated carbocycles. The molecule has 0 nitrogen and oxygen atoms in total. The Hall–Kier alpha value is -1.82. The maximum Gasteiger partial charge on any atom is -0.0149 e. The number of hydrogen-bond donors (Lipinski definition) is 0. The van der Waals surface area contributed by atoms with E-state index in [-0.39, 0.29) is 0 Å². The van der Waals surface area contributed by atoms with Crippen LogP contribution in [-0.4, -0.2) is 0 Å². The second-order valence-electron chi connectivity index (χ2n) is 4.82. The largest absolute Gasteiger partial charge is 0.0955 e. The number of aryl methyl sites for hydroxylation is 2. The molecule has 2 rings (SSSR count). The Morgan fingerprint density at radius 2 is 1.78 bits per heavy atom. The van der Waals surface area contributed by atoms with Crippen molar-refractivity contribution in [3.05, 3.63) is 65.7 Å². The molecule has 0 fully saturated rings. The molecule has 0 spiro atoms. The Labute approximate surface area is 110 Å². The molecule has 0 unspecified atom stereocenters. The summed E-state index contributed by atoms with van der Waals surface area (Å²) in [5, 5.41) is 0. The minimum absolute atomic E-state index is 1.05. The molecule has 0 aliphatic rings. The van der Waals surface area contributed by atoms with Gasteiger partial charge in [-0.05, 0) is 48.1 Å².